The van der Waals surface area contributed by atoms with Crippen molar-refractivity contribution in [2.45, 2.75) is 45.1 Å². The van der Waals surface area contributed by atoms with Crippen LogP contribution in [-0.2, 0) is 42.1 Å². The monoisotopic (exact) mass is 617 g/mol. The molecule has 2 aliphatic heterocycles. The highest BCUT2D eigenvalue weighted by Crippen LogP contribution is 2.32. The lowest BCUT2D eigenvalue weighted by Gasteiger charge is -2.27. The van der Waals surface area contributed by atoms with Crippen molar-refractivity contribution in [2.75, 3.05) is 20.3 Å². The number of ether oxygens (including phenoxy) is 4. The summed E-state index contributed by atoms with van der Waals surface area (Å²) in [6, 6.07) is 18.7. The number of aromatic nitrogens is 4. The highest BCUT2D eigenvalue weighted by atomic mass is 16.5. The number of imidazole rings is 1. The molecule has 4 bridgehead atoms. The Bertz CT molecular complexity index is 1990. The molecule has 1 fully saturated rings. The van der Waals surface area contributed by atoms with E-state index < -0.39 is 5.97 Å². The number of aromatic carboxylic acids is 1. The van der Waals surface area contributed by atoms with Gasteiger partial charge in [-0.15, -0.1) is 0 Å². The first-order valence-corrected chi connectivity index (χ1v) is 15.1. The van der Waals surface area contributed by atoms with Crippen molar-refractivity contribution in [3.05, 3.63) is 100.0 Å². The molecule has 7 rings (SSSR count). The van der Waals surface area contributed by atoms with Crippen LogP contribution in [0.5, 0.6) is 11.6 Å². The third-order valence-corrected chi connectivity index (χ3v) is 8.47. The van der Waals surface area contributed by atoms with Crippen LogP contribution in [0.1, 0.15) is 50.4 Å². The van der Waals surface area contributed by atoms with Gasteiger partial charge in [-0.05, 0) is 65.4 Å². The summed E-state index contributed by atoms with van der Waals surface area (Å²) in [4.78, 5) is 26.1. The molecule has 2 aliphatic rings. The molecular weight excluding hydrogens is 586 g/mol. The van der Waals surface area contributed by atoms with Crippen LogP contribution in [0.25, 0.3) is 22.4 Å². The fourth-order valence-electron chi connectivity index (χ4n) is 5.88. The Morgan fingerprint density at radius 1 is 1.07 bits per heavy atom. The van der Waals surface area contributed by atoms with E-state index in [1.54, 1.807) is 24.4 Å². The fourth-order valence-corrected chi connectivity index (χ4v) is 5.88. The molecule has 46 heavy (non-hydrogen) atoms. The van der Waals surface area contributed by atoms with Gasteiger partial charge in [0.05, 0.1) is 55.7 Å². The lowest BCUT2D eigenvalue weighted by molar-refractivity contribution is -0.0589. The fraction of sp³-hybridized carbons (Fsp3) is 0.286. The number of benzene rings is 3. The van der Waals surface area contributed by atoms with Crippen molar-refractivity contribution in [2.24, 2.45) is 0 Å². The van der Waals surface area contributed by atoms with Crippen molar-refractivity contribution in [3.63, 3.8) is 0 Å². The number of carbonyl (C=O) groups is 1. The van der Waals surface area contributed by atoms with Gasteiger partial charge in [0.2, 0.25) is 5.88 Å². The molecule has 232 valence electrons. The molecule has 0 spiro atoms. The number of nitriles is 1. The van der Waals surface area contributed by atoms with Gasteiger partial charge in [0.25, 0.3) is 0 Å². The van der Waals surface area contributed by atoms with E-state index >= 15 is 0 Å². The zero-order valence-electron chi connectivity index (χ0n) is 25.2. The summed E-state index contributed by atoms with van der Waals surface area (Å²) >= 11 is 0. The third kappa shape index (κ3) is 5.88. The smallest absolute Gasteiger partial charge is 0.335 e. The zero-order chi connectivity index (χ0) is 31.6. The Morgan fingerprint density at radius 2 is 1.96 bits per heavy atom. The second-order valence-corrected chi connectivity index (χ2v) is 11.3. The summed E-state index contributed by atoms with van der Waals surface area (Å²) in [6.07, 6.45) is 3.70. The van der Waals surface area contributed by atoms with Crippen LogP contribution in [0.4, 0.5) is 0 Å². The first-order valence-electron chi connectivity index (χ1n) is 15.1. The highest BCUT2D eigenvalue weighted by molar-refractivity contribution is 5.95. The van der Waals surface area contributed by atoms with E-state index in [9.17, 15) is 15.2 Å². The molecule has 0 radical (unpaired) electrons. The van der Waals surface area contributed by atoms with Gasteiger partial charge in [-0.1, -0.05) is 18.2 Å². The number of rotatable bonds is 6. The second kappa shape index (κ2) is 12.6. The Morgan fingerprint density at radius 3 is 2.74 bits per heavy atom. The van der Waals surface area contributed by atoms with E-state index in [1.807, 2.05) is 34.9 Å². The number of fused-ring (bicyclic) bond motifs is 7. The van der Waals surface area contributed by atoms with Gasteiger partial charge in [0, 0.05) is 30.9 Å². The van der Waals surface area contributed by atoms with Crippen LogP contribution in [0, 0.1) is 11.3 Å². The van der Waals surface area contributed by atoms with Crippen LogP contribution in [-0.4, -0.2) is 57.0 Å². The molecule has 1 unspecified atom stereocenters. The van der Waals surface area contributed by atoms with Crippen LogP contribution in [0.2, 0.25) is 0 Å². The predicted octanol–water partition coefficient (Wildman–Crippen LogP) is 5.10. The molecule has 1 saturated heterocycles. The van der Waals surface area contributed by atoms with Crippen LogP contribution in [0.15, 0.2) is 60.8 Å². The highest BCUT2D eigenvalue weighted by Gasteiger charge is 2.25. The molecule has 1 N–H and O–H groups in total. The van der Waals surface area contributed by atoms with Crippen LogP contribution >= 0.6 is 0 Å². The number of hydrogen-bond donors (Lipinski definition) is 1. The molecule has 0 saturated carbocycles. The van der Waals surface area contributed by atoms with E-state index in [-0.39, 0.29) is 11.7 Å². The molecular formula is C35H31N5O6. The van der Waals surface area contributed by atoms with Crippen molar-refractivity contribution in [1.29, 1.82) is 5.26 Å². The summed E-state index contributed by atoms with van der Waals surface area (Å²) in [5.41, 5.74) is 6.74. The van der Waals surface area contributed by atoms with Crippen molar-refractivity contribution < 1.29 is 28.8 Å². The molecule has 1 atom stereocenters. The van der Waals surface area contributed by atoms with Gasteiger partial charge >= 0.3 is 5.97 Å². The maximum Gasteiger partial charge on any atom is 0.335 e. The van der Waals surface area contributed by atoms with Gasteiger partial charge < -0.3 is 28.6 Å². The molecule has 5 aromatic rings. The van der Waals surface area contributed by atoms with Crippen LogP contribution in [0.3, 0.4) is 0 Å². The quantitative estimate of drug-likeness (QED) is 0.273. The summed E-state index contributed by atoms with van der Waals surface area (Å²) in [6.45, 7) is 2.35. The molecule has 2 aromatic heterocycles. The van der Waals surface area contributed by atoms with Gasteiger partial charge in [-0.3, -0.25) is 0 Å². The summed E-state index contributed by atoms with van der Waals surface area (Å²) < 4.78 is 25.7. The minimum atomic E-state index is -1.03. The third-order valence-electron chi connectivity index (χ3n) is 8.47. The van der Waals surface area contributed by atoms with E-state index in [1.165, 1.54) is 13.2 Å². The maximum absolute atomic E-state index is 11.9. The molecule has 3 aromatic carbocycles. The average molecular weight is 618 g/mol. The first kappa shape index (κ1) is 29.4. The Labute approximate surface area is 265 Å². The van der Waals surface area contributed by atoms with Crippen molar-refractivity contribution in [1.82, 2.24) is 19.5 Å². The lowest BCUT2D eigenvalue weighted by Crippen LogP contribution is -2.31. The Balaban J connectivity index is 1.27. The first-order chi connectivity index (χ1) is 22.5. The number of hydrogen-bond acceptors (Lipinski definition) is 9. The number of carboxylic acids is 1. The summed E-state index contributed by atoms with van der Waals surface area (Å²) in [5, 5.41) is 19.2. The molecule has 0 amide bonds. The maximum atomic E-state index is 11.9. The summed E-state index contributed by atoms with van der Waals surface area (Å²) in [5.74, 6) is 1.12. The van der Waals surface area contributed by atoms with E-state index in [0.29, 0.717) is 79.9 Å². The predicted molar refractivity (Wildman–Crippen MR) is 167 cm³/mol. The zero-order valence-corrected chi connectivity index (χ0v) is 25.2. The van der Waals surface area contributed by atoms with Crippen molar-refractivity contribution >= 4 is 17.0 Å². The normalized spacial score (nSPS) is 16.0. The van der Waals surface area contributed by atoms with E-state index in [4.69, 9.17) is 23.9 Å². The molecule has 11 heteroatoms. The molecule has 4 heterocycles. The number of nitrogens with zero attached hydrogens (tertiary/aromatic N) is 5. The van der Waals surface area contributed by atoms with Gasteiger partial charge in [-0.25, -0.2) is 14.8 Å². The minimum absolute atomic E-state index is 0.0236. The number of carboxylic acid groups (broad SMARTS) is 1. The topological polar surface area (TPSA) is 142 Å². The molecule has 0 aliphatic carbocycles. The van der Waals surface area contributed by atoms with Crippen molar-refractivity contribution in [3.8, 4) is 29.1 Å². The SMILES string of the molecule is COc1cc(C(=O)O)cc2c1nc(Cc1ccc3cc1COCCc1cc(C#N)ccc1COc1ccnc-3n1)n2CC1CCO1. The van der Waals surface area contributed by atoms with Crippen LogP contribution < -0.4 is 9.47 Å². The lowest BCUT2D eigenvalue weighted by atomic mass is 10.0. The van der Waals surface area contributed by atoms with E-state index in [0.717, 1.165) is 40.1 Å². The second-order valence-electron chi connectivity index (χ2n) is 11.3. The largest absolute Gasteiger partial charge is 0.494 e. The standard InChI is InChI=1S/C35H31N5O6/c1-43-30-15-26(35(41)42)14-29-33(30)38-31(40(29)18-28-8-11-45-28)16-22-4-5-24-13-27(22)19-44-10-7-23-12-21(17-36)2-3-25(23)20-46-32-6-9-37-34(24)39-32/h2-6,9,12-15,28H,7-8,10-11,16,18-20H2,1H3,(H,41,42). The molecule has 11 nitrogen and oxygen atoms in total. The van der Waals surface area contributed by atoms with Gasteiger partial charge in [0.15, 0.2) is 5.82 Å². The van der Waals surface area contributed by atoms with Gasteiger partial charge in [-0.2, -0.15) is 10.2 Å². The average Bonchev–Trinajstić information content (AvgIpc) is 3.40. The van der Waals surface area contributed by atoms with E-state index in [2.05, 4.69) is 16.0 Å². The van der Waals surface area contributed by atoms with Gasteiger partial charge in [0.1, 0.15) is 23.7 Å². The minimum Gasteiger partial charge on any atom is -0.494 e. The Kier molecular flexibility index (Phi) is 8.05. The Hall–Kier alpha value is -5.31. The number of methoxy groups -OCH3 is 1. The summed E-state index contributed by atoms with van der Waals surface area (Å²) in [7, 11) is 1.52.